The Labute approximate surface area is 159 Å². The first kappa shape index (κ1) is 20.3. The van der Waals surface area contributed by atoms with Crippen molar-refractivity contribution in [2.24, 2.45) is 10.7 Å². The maximum atomic E-state index is 11.0. The summed E-state index contributed by atoms with van der Waals surface area (Å²) in [6.07, 6.45) is 1.82. The van der Waals surface area contributed by atoms with Crippen LogP contribution in [0.3, 0.4) is 0 Å². The molecule has 0 radical (unpaired) electrons. The van der Waals surface area contributed by atoms with Gasteiger partial charge in [0.1, 0.15) is 11.9 Å². The van der Waals surface area contributed by atoms with Crippen molar-refractivity contribution >= 4 is 23.5 Å². The molecule has 1 aromatic carbocycles. The number of nitrogens with one attached hydrogen (secondary N) is 2. The quantitative estimate of drug-likeness (QED) is 0.488. The minimum absolute atomic E-state index is 0.0640. The van der Waals surface area contributed by atoms with Gasteiger partial charge in [-0.3, -0.25) is 14.7 Å². The molecule has 7 nitrogen and oxygen atoms in total. The lowest BCUT2D eigenvalue weighted by atomic mass is 10.1. The second-order valence-corrected chi connectivity index (χ2v) is 6.88. The Morgan fingerprint density at radius 3 is 2.73 bits per heavy atom. The highest BCUT2D eigenvalue weighted by atomic mass is 35.5. The summed E-state index contributed by atoms with van der Waals surface area (Å²) in [7, 11) is 1.75. The molecule has 0 aromatic heterocycles. The molecular formula is C18H28ClN5O2. The minimum Gasteiger partial charge on any atom is -0.487 e. The van der Waals surface area contributed by atoms with Gasteiger partial charge in [0.25, 0.3) is 0 Å². The molecule has 1 amide bonds. The lowest BCUT2D eigenvalue weighted by Gasteiger charge is -2.32. The Kier molecular flexibility index (Phi) is 8.00. The molecule has 4 N–H and O–H groups in total. The number of nitrogens with two attached hydrogens (primary N) is 1. The SMILES string of the molecule is CN=C(NCC(C)Oc1ccccc1Cl)NC1CCN(CC(N)=O)CC1. The van der Waals surface area contributed by atoms with Gasteiger partial charge in [0.2, 0.25) is 5.91 Å². The fourth-order valence-corrected chi connectivity index (χ4v) is 3.06. The number of carbonyl (C=O) groups excluding carboxylic acids is 1. The summed E-state index contributed by atoms with van der Waals surface area (Å²) in [6.45, 7) is 4.61. The largest absolute Gasteiger partial charge is 0.487 e. The number of piperidine rings is 1. The molecule has 0 saturated carbocycles. The molecule has 1 unspecified atom stereocenters. The first-order valence-electron chi connectivity index (χ1n) is 8.87. The van der Waals surface area contributed by atoms with Crippen molar-refractivity contribution in [2.75, 3.05) is 33.2 Å². The Morgan fingerprint density at radius 2 is 2.12 bits per heavy atom. The van der Waals surface area contributed by atoms with E-state index in [0.717, 1.165) is 31.9 Å². The van der Waals surface area contributed by atoms with Gasteiger partial charge in [-0.15, -0.1) is 0 Å². The predicted molar refractivity (Wildman–Crippen MR) is 105 cm³/mol. The van der Waals surface area contributed by atoms with Gasteiger partial charge in [0.15, 0.2) is 5.96 Å². The normalized spacial score (nSPS) is 17.6. The van der Waals surface area contributed by atoms with Gasteiger partial charge in [-0.25, -0.2) is 0 Å². The molecule has 1 saturated heterocycles. The molecule has 26 heavy (non-hydrogen) atoms. The maximum Gasteiger partial charge on any atom is 0.231 e. The van der Waals surface area contributed by atoms with E-state index in [2.05, 4.69) is 20.5 Å². The minimum atomic E-state index is -0.276. The average molecular weight is 382 g/mol. The van der Waals surface area contributed by atoms with E-state index < -0.39 is 0 Å². The highest BCUT2D eigenvalue weighted by Crippen LogP contribution is 2.24. The Morgan fingerprint density at radius 1 is 1.42 bits per heavy atom. The number of para-hydroxylation sites is 1. The van der Waals surface area contributed by atoms with Gasteiger partial charge in [-0.1, -0.05) is 23.7 Å². The number of likely N-dealkylation sites (tertiary alicyclic amines) is 1. The Bertz CT molecular complexity index is 617. The van der Waals surface area contributed by atoms with Crippen molar-refractivity contribution in [1.82, 2.24) is 15.5 Å². The summed E-state index contributed by atoms with van der Waals surface area (Å²) in [5, 5.41) is 7.31. The number of aliphatic imine (C=N–C) groups is 1. The van der Waals surface area contributed by atoms with Crippen molar-refractivity contribution < 1.29 is 9.53 Å². The third-order valence-corrected chi connectivity index (χ3v) is 4.57. The van der Waals surface area contributed by atoms with Crippen LogP contribution in [-0.4, -0.2) is 62.1 Å². The molecule has 1 fully saturated rings. The number of primary amides is 1. The summed E-state index contributed by atoms with van der Waals surface area (Å²) >= 11 is 6.12. The van der Waals surface area contributed by atoms with Crippen molar-refractivity contribution in [3.05, 3.63) is 29.3 Å². The van der Waals surface area contributed by atoms with Crippen LogP contribution in [0.5, 0.6) is 5.75 Å². The molecule has 1 heterocycles. The molecular weight excluding hydrogens is 354 g/mol. The first-order valence-corrected chi connectivity index (χ1v) is 9.24. The molecule has 2 rings (SSSR count). The van der Waals surface area contributed by atoms with Crippen LogP contribution in [0, 0.1) is 0 Å². The van der Waals surface area contributed by atoms with Crippen molar-refractivity contribution in [1.29, 1.82) is 0 Å². The zero-order valence-electron chi connectivity index (χ0n) is 15.4. The van der Waals surface area contributed by atoms with Crippen LogP contribution in [-0.2, 0) is 4.79 Å². The van der Waals surface area contributed by atoms with E-state index >= 15 is 0 Å². The van der Waals surface area contributed by atoms with E-state index in [-0.39, 0.29) is 12.0 Å². The number of ether oxygens (including phenoxy) is 1. The number of benzene rings is 1. The third kappa shape index (κ3) is 6.72. The lowest BCUT2D eigenvalue weighted by Crippen LogP contribution is -2.50. The van der Waals surface area contributed by atoms with Gasteiger partial charge in [0, 0.05) is 26.2 Å². The zero-order valence-corrected chi connectivity index (χ0v) is 16.1. The number of hydrogen-bond donors (Lipinski definition) is 3. The molecule has 8 heteroatoms. The number of guanidine groups is 1. The van der Waals surface area contributed by atoms with Crippen LogP contribution in [0.25, 0.3) is 0 Å². The van der Waals surface area contributed by atoms with E-state index in [1.54, 1.807) is 7.05 Å². The summed E-state index contributed by atoms with van der Waals surface area (Å²) in [6, 6.07) is 7.75. The van der Waals surface area contributed by atoms with Gasteiger partial charge in [0.05, 0.1) is 18.1 Å². The smallest absolute Gasteiger partial charge is 0.231 e. The summed E-state index contributed by atoms with van der Waals surface area (Å²) in [5.74, 6) is 1.14. The van der Waals surface area contributed by atoms with Gasteiger partial charge in [-0.05, 0) is 31.9 Å². The number of rotatable bonds is 7. The van der Waals surface area contributed by atoms with E-state index in [4.69, 9.17) is 22.1 Å². The average Bonchev–Trinajstić information content (AvgIpc) is 2.61. The van der Waals surface area contributed by atoms with Crippen molar-refractivity contribution in [2.45, 2.75) is 31.9 Å². The molecule has 0 bridgehead atoms. The predicted octanol–water partition coefficient (Wildman–Crippen LogP) is 1.22. The summed E-state index contributed by atoms with van der Waals surface area (Å²) < 4.78 is 5.85. The lowest BCUT2D eigenvalue weighted by molar-refractivity contribution is -0.119. The van der Waals surface area contributed by atoms with Crippen LogP contribution in [0.1, 0.15) is 19.8 Å². The van der Waals surface area contributed by atoms with E-state index in [1.807, 2.05) is 31.2 Å². The standard InChI is InChI=1S/C18H28ClN5O2/c1-13(26-16-6-4-3-5-15(16)19)11-22-18(21-2)23-14-7-9-24(10-8-14)12-17(20)25/h3-6,13-14H,7-12H2,1-2H3,(H2,20,25)(H2,21,22,23). The molecule has 0 spiro atoms. The molecule has 1 aliphatic rings. The third-order valence-electron chi connectivity index (χ3n) is 4.25. The summed E-state index contributed by atoms with van der Waals surface area (Å²) in [4.78, 5) is 17.3. The second-order valence-electron chi connectivity index (χ2n) is 6.47. The van der Waals surface area contributed by atoms with Crippen LogP contribution in [0.4, 0.5) is 0 Å². The van der Waals surface area contributed by atoms with Crippen molar-refractivity contribution in [3.63, 3.8) is 0 Å². The molecule has 0 aliphatic carbocycles. The van der Waals surface area contributed by atoms with Gasteiger partial charge in [-0.2, -0.15) is 0 Å². The molecule has 1 aliphatic heterocycles. The van der Waals surface area contributed by atoms with Crippen molar-refractivity contribution in [3.8, 4) is 5.75 Å². The Hall–Kier alpha value is -1.99. The number of carbonyl (C=O) groups is 1. The van der Waals surface area contributed by atoms with Crippen LogP contribution in [0.15, 0.2) is 29.3 Å². The Balaban J connectivity index is 1.73. The van der Waals surface area contributed by atoms with Gasteiger partial charge >= 0.3 is 0 Å². The molecule has 1 aromatic rings. The fraction of sp³-hybridized carbons (Fsp3) is 0.556. The first-order chi connectivity index (χ1) is 12.5. The molecule has 1 atom stereocenters. The van der Waals surface area contributed by atoms with E-state index in [9.17, 15) is 4.79 Å². The number of hydrogen-bond acceptors (Lipinski definition) is 4. The second kappa shape index (κ2) is 10.2. The fourth-order valence-electron chi connectivity index (χ4n) is 2.88. The van der Waals surface area contributed by atoms with E-state index in [1.165, 1.54) is 0 Å². The highest BCUT2D eigenvalue weighted by molar-refractivity contribution is 6.32. The van der Waals surface area contributed by atoms with Crippen LogP contribution >= 0.6 is 11.6 Å². The van der Waals surface area contributed by atoms with E-state index in [0.29, 0.717) is 29.9 Å². The van der Waals surface area contributed by atoms with Crippen LogP contribution in [0.2, 0.25) is 5.02 Å². The number of nitrogens with zero attached hydrogens (tertiary/aromatic N) is 2. The molecule has 144 valence electrons. The topological polar surface area (TPSA) is 92.0 Å². The number of halogens is 1. The monoisotopic (exact) mass is 381 g/mol. The highest BCUT2D eigenvalue weighted by Gasteiger charge is 2.21. The summed E-state index contributed by atoms with van der Waals surface area (Å²) in [5.41, 5.74) is 5.25. The zero-order chi connectivity index (χ0) is 18.9. The van der Waals surface area contributed by atoms with Crippen LogP contribution < -0.4 is 21.1 Å². The van der Waals surface area contributed by atoms with Gasteiger partial charge < -0.3 is 21.1 Å². The number of amides is 1. The maximum absolute atomic E-state index is 11.0.